The molecular formula is C6H9BNO12P2S2. The predicted octanol–water partition coefficient (Wildman–Crippen LogP) is -1.02. The molecule has 2 fully saturated rings. The summed E-state index contributed by atoms with van der Waals surface area (Å²) in [6, 6.07) is 0. The molecule has 2 aliphatic heterocycles. The zero-order valence-electron chi connectivity index (χ0n) is 11.2. The van der Waals surface area contributed by atoms with E-state index < -0.39 is 44.9 Å². The van der Waals surface area contributed by atoms with Crippen molar-refractivity contribution < 1.29 is 56.2 Å². The molecule has 13 nitrogen and oxygen atoms in total. The Hall–Kier alpha value is -0.0851. The second kappa shape index (κ2) is 6.91. The van der Waals surface area contributed by atoms with Crippen molar-refractivity contribution in [2.75, 3.05) is 6.61 Å². The average molecular weight is 424 g/mol. The van der Waals surface area contributed by atoms with Crippen LogP contribution < -0.4 is 0 Å². The van der Waals surface area contributed by atoms with Gasteiger partial charge in [-0.3, -0.25) is 0 Å². The van der Waals surface area contributed by atoms with E-state index in [4.69, 9.17) is 36.4 Å². The van der Waals surface area contributed by atoms with Crippen LogP contribution in [0.4, 0.5) is 0 Å². The summed E-state index contributed by atoms with van der Waals surface area (Å²) in [7, 11) is -5.38. The van der Waals surface area contributed by atoms with Gasteiger partial charge in [0.1, 0.15) is 0 Å². The Kier molecular flexibility index (Phi) is 5.82. The van der Waals surface area contributed by atoms with Crippen molar-refractivity contribution in [2.45, 2.75) is 18.3 Å². The Labute approximate surface area is 145 Å². The first-order valence-electron chi connectivity index (χ1n) is 5.73. The molecule has 1 radical (unpaired) electrons. The van der Waals surface area contributed by atoms with Gasteiger partial charge in [0.2, 0.25) is 0 Å². The standard InChI is InChI=1S/C6H9BNO12P2S2/c7-5-4-3(17-6(23)18-4)2(16-5)1-15-8(9,24)19-22(13,14)20-21(10,11)12/h2-4,24H,1H2,(H,13,14)(H2,10,11,12). The van der Waals surface area contributed by atoms with Gasteiger partial charge in [-0.15, -0.1) is 0 Å². The van der Waals surface area contributed by atoms with E-state index in [9.17, 15) is 14.3 Å². The van der Waals surface area contributed by atoms with Gasteiger partial charge in [0.15, 0.2) is 0 Å². The summed E-state index contributed by atoms with van der Waals surface area (Å²) in [5.41, 5.74) is -0.0878. The Morgan fingerprint density at radius 1 is 1.33 bits per heavy atom. The van der Waals surface area contributed by atoms with E-state index in [0.29, 0.717) is 0 Å². The summed E-state index contributed by atoms with van der Waals surface area (Å²) in [4.78, 5) is 30.5. The van der Waals surface area contributed by atoms with Crippen LogP contribution >= 0.6 is 40.7 Å². The molecule has 135 valence electrons. The summed E-state index contributed by atoms with van der Waals surface area (Å²) >= 11 is 7.90. The molecule has 0 spiro atoms. The van der Waals surface area contributed by atoms with Crippen LogP contribution in [0.15, 0.2) is 0 Å². The second-order valence-corrected chi connectivity index (χ2v) is 7.87. The van der Waals surface area contributed by atoms with Crippen molar-refractivity contribution in [1.29, 1.82) is 0 Å². The molecule has 0 amide bonds. The van der Waals surface area contributed by atoms with Crippen molar-refractivity contribution in [3.63, 3.8) is 0 Å². The molecule has 0 aliphatic carbocycles. The zero-order valence-corrected chi connectivity index (χ0v) is 14.7. The van der Waals surface area contributed by atoms with Gasteiger partial charge in [-0.2, -0.15) is 0 Å². The van der Waals surface area contributed by atoms with E-state index in [1.54, 1.807) is 0 Å². The average Bonchev–Trinajstić information content (AvgIpc) is 2.82. The molecule has 2 rings (SSSR count). The third-order valence-corrected chi connectivity index (χ3v) is 5.12. The number of ether oxygens (including phenoxy) is 3. The number of thiol groups is 1. The fraction of sp³-hybridized carbons (Fsp3) is 0.667. The molecule has 2 saturated heterocycles. The van der Waals surface area contributed by atoms with Crippen molar-refractivity contribution in [2.24, 2.45) is 0 Å². The Balaban J connectivity index is 1.93. The van der Waals surface area contributed by atoms with E-state index >= 15 is 0 Å². The van der Waals surface area contributed by atoms with Crippen LogP contribution in [0.1, 0.15) is 0 Å². The predicted molar refractivity (Wildman–Crippen MR) is 80.6 cm³/mol. The van der Waals surface area contributed by atoms with Gasteiger partial charge in [0, 0.05) is 0 Å². The van der Waals surface area contributed by atoms with Crippen molar-refractivity contribution >= 4 is 59.1 Å². The number of hydrogen-bond donors (Lipinski definition) is 4. The zero-order chi connectivity index (χ0) is 18.3. The maximum absolute atomic E-state index is 11.7. The van der Waals surface area contributed by atoms with Crippen molar-refractivity contribution in [3.8, 4) is 0 Å². The van der Waals surface area contributed by atoms with Gasteiger partial charge in [0.25, 0.3) is 0 Å². The van der Waals surface area contributed by atoms with Gasteiger partial charge < -0.3 is 0 Å². The number of thiocarbonyl (C=S) groups is 1. The summed E-state index contributed by atoms with van der Waals surface area (Å²) in [6.45, 7) is -0.628. The van der Waals surface area contributed by atoms with Crippen LogP contribution in [0.3, 0.4) is 0 Å². The molecule has 5 atom stereocenters. The third kappa shape index (κ3) is 5.46. The molecular weight excluding hydrogens is 415 g/mol. The number of quaternary nitrogens is 1. The summed E-state index contributed by atoms with van der Waals surface area (Å²) < 4.78 is 41.7. The van der Waals surface area contributed by atoms with Crippen LogP contribution in [-0.2, 0) is 37.1 Å². The molecule has 2 heterocycles. The number of hydrogen-bond acceptors (Lipinski definition) is 11. The molecule has 0 aromatic carbocycles. The van der Waals surface area contributed by atoms with Crippen LogP contribution in [0.5, 0.6) is 0 Å². The van der Waals surface area contributed by atoms with Gasteiger partial charge in [0.05, 0.1) is 0 Å². The quantitative estimate of drug-likeness (QED) is 0.0978. The van der Waals surface area contributed by atoms with Gasteiger partial charge in [-0.05, 0) is 0 Å². The van der Waals surface area contributed by atoms with Crippen LogP contribution in [0, 0.1) is 5.21 Å². The third-order valence-electron chi connectivity index (χ3n) is 2.51. The summed E-state index contributed by atoms with van der Waals surface area (Å²) in [6.07, 6.45) is -2.65. The fourth-order valence-electron chi connectivity index (χ4n) is 1.77. The fourth-order valence-corrected chi connectivity index (χ4v) is 3.83. The number of phosphoric acid groups is 2. The molecule has 2 aliphatic rings. The van der Waals surface area contributed by atoms with Gasteiger partial charge in [-0.1, -0.05) is 0 Å². The molecule has 0 aromatic rings. The van der Waals surface area contributed by atoms with Gasteiger partial charge in [-0.25, -0.2) is 0 Å². The van der Waals surface area contributed by atoms with Crippen LogP contribution in [-0.4, -0.2) is 62.4 Å². The number of fused-ring (bicyclic) bond motifs is 1. The summed E-state index contributed by atoms with van der Waals surface area (Å²) in [5, 5.41) is 11.5. The van der Waals surface area contributed by atoms with E-state index in [0.717, 1.165) is 0 Å². The normalized spacial score (nSPS) is 31.4. The minimum absolute atomic E-state index is 0.0878. The Morgan fingerprint density at radius 2 is 1.96 bits per heavy atom. The van der Waals surface area contributed by atoms with E-state index in [-0.39, 0.29) is 10.9 Å². The van der Waals surface area contributed by atoms with Gasteiger partial charge >= 0.3 is 145 Å². The van der Waals surface area contributed by atoms with Crippen LogP contribution in [0.25, 0.3) is 0 Å². The first-order chi connectivity index (χ1) is 10.8. The molecule has 18 heteroatoms. The molecule has 0 saturated carbocycles. The summed E-state index contributed by atoms with van der Waals surface area (Å²) in [5.74, 6) is 0. The topological polar surface area (TPSA) is 173 Å². The van der Waals surface area contributed by atoms with Crippen molar-refractivity contribution in [3.05, 3.63) is 5.21 Å². The molecule has 5 unspecified atom stereocenters. The van der Waals surface area contributed by atoms with E-state index in [2.05, 4.69) is 38.8 Å². The van der Waals surface area contributed by atoms with Crippen LogP contribution in [0.2, 0.25) is 0 Å². The SMILES string of the molecule is [B]=C1OC(CO[N+]([O-])(S)OP(=O)(O)OP(=O)(O)O)C2OC(=S)OC12. The van der Waals surface area contributed by atoms with Crippen molar-refractivity contribution in [1.82, 2.24) is 0 Å². The van der Waals surface area contributed by atoms with E-state index in [1.807, 2.05) is 0 Å². The molecule has 3 N–H and O–H groups in total. The Morgan fingerprint density at radius 3 is 2.54 bits per heavy atom. The Bertz CT molecular complexity index is 639. The maximum atomic E-state index is 11.7. The first kappa shape index (κ1) is 20.2. The monoisotopic (exact) mass is 424 g/mol. The molecule has 0 bridgehead atoms. The second-order valence-electron chi connectivity index (χ2n) is 4.32. The first-order valence-corrected chi connectivity index (χ1v) is 9.56. The minimum atomic E-state index is -5.49. The molecule has 24 heavy (non-hydrogen) atoms. The molecule has 0 aromatic heterocycles. The van der Waals surface area contributed by atoms with E-state index in [1.165, 1.54) is 0 Å². The number of rotatable bonds is 7. The number of nitrogens with zero attached hydrogens (tertiary/aromatic N) is 1.